The van der Waals surface area contributed by atoms with Gasteiger partial charge in [-0.15, -0.1) is 0 Å². The molecule has 32 heavy (non-hydrogen) atoms. The van der Waals surface area contributed by atoms with Crippen molar-refractivity contribution in [3.05, 3.63) is 58.4 Å². The average Bonchev–Trinajstić information content (AvgIpc) is 3.12. The first-order chi connectivity index (χ1) is 15.4. The van der Waals surface area contributed by atoms with Crippen LogP contribution in [-0.4, -0.2) is 43.4 Å². The minimum Gasteiger partial charge on any atom is -0.484 e. The van der Waals surface area contributed by atoms with Crippen LogP contribution in [0.2, 0.25) is 0 Å². The molecule has 7 nitrogen and oxygen atoms in total. The summed E-state index contributed by atoms with van der Waals surface area (Å²) in [5, 5.41) is 0. The quantitative estimate of drug-likeness (QED) is 0.452. The predicted molar refractivity (Wildman–Crippen MR) is 124 cm³/mol. The van der Waals surface area contributed by atoms with Gasteiger partial charge < -0.3 is 18.8 Å². The molecule has 0 unspecified atom stereocenters. The van der Waals surface area contributed by atoms with E-state index in [0.29, 0.717) is 41.8 Å². The topological polar surface area (TPSA) is 79.1 Å². The van der Waals surface area contributed by atoms with Crippen molar-refractivity contribution in [3.8, 4) is 5.75 Å². The standard InChI is InChI=1S/C24H28N2O5S/c1-5-30-23(28)18-8-11-20-21(14-18)32-24(26(20)12-13-29-4)25-22(27)15-31-19-9-6-17(7-10-19)16(2)3/h6-11,14,16H,5,12-13,15H2,1-4H3. The van der Waals surface area contributed by atoms with Crippen molar-refractivity contribution >= 4 is 33.4 Å². The van der Waals surface area contributed by atoms with Gasteiger partial charge in [-0.05, 0) is 48.7 Å². The van der Waals surface area contributed by atoms with E-state index in [9.17, 15) is 9.59 Å². The summed E-state index contributed by atoms with van der Waals surface area (Å²) in [4.78, 5) is 29.4. The lowest BCUT2D eigenvalue weighted by molar-refractivity contribution is -0.120. The second-order valence-corrected chi connectivity index (χ2v) is 8.46. The second kappa shape index (κ2) is 11.1. The van der Waals surface area contributed by atoms with Crippen molar-refractivity contribution < 1.29 is 23.8 Å². The smallest absolute Gasteiger partial charge is 0.338 e. The van der Waals surface area contributed by atoms with Gasteiger partial charge in [0.15, 0.2) is 11.4 Å². The van der Waals surface area contributed by atoms with Crippen LogP contribution in [0.1, 0.15) is 42.6 Å². The zero-order valence-electron chi connectivity index (χ0n) is 18.8. The van der Waals surface area contributed by atoms with E-state index in [4.69, 9.17) is 14.2 Å². The first-order valence-corrected chi connectivity index (χ1v) is 11.3. The number of carbonyl (C=O) groups is 2. The van der Waals surface area contributed by atoms with E-state index < -0.39 is 0 Å². The number of aromatic nitrogens is 1. The lowest BCUT2D eigenvalue weighted by Gasteiger charge is -2.07. The predicted octanol–water partition coefficient (Wildman–Crippen LogP) is 4.16. The van der Waals surface area contributed by atoms with Crippen molar-refractivity contribution in [2.45, 2.75) is 33.2 Å². The maximum Gasteiger partial charge on any atom is 0.338 e. The number of hydrogen-bond donors (Lipinski definition) is 0. The highest BCUT2D eigenvalue weighted by Crippen LogP contribution is 2.21. The third kappa shape index (κ3) is 5.83. The fourth-order valence-corrected chi connectivity index (χ4v) is 4.24. The van der Waals surface area contributed by atoms with Gasteiger partial charge in [0.1, 0.15) is 5.75 Å². The number of carbonyl (C=O) groups excluding carboxylic acids is 2. The van der Waals surface area contributed by atoms with E-state index in [2.05, 4.69) is 18.8 Å². The van der Waals surface area contributed by atoms with E-state index in [1.807, 2.05) is 34.9 Å². The molecule has 1 aromatic heterocycles. The fourth-order valence-electron chi connectivity index (χ4n) is 3.13. The fraction of sp³-hybridized carbons (Fsp3) is 0.375. The Balaban J connectivity index is 1.84. The molecule has 0 N–H and O–H groups in total. The molecule has 3 rings (SSSR count). The minimum atomic E-state index is -0.388. The number of amides is 1. The Hall–Kier alpha value is -2.97. The van der Waals surface area contributed by atoms with Crippen molar-refractivity contribution in [2.24, 2.45) is 4.99 Å². The monoisotopic (exact) mass is 456 g/mol. The van der Waals surface area contributed by atoms with Crippen LogP contribution in [-0.2, 0) is 20.8 Å². The van der Waals surface area contributed by atoms with Crippen molar-refractivity contribution in [3.63, 3.8) is 0 Å². The molecule has 0 saturated heterocycles. The van der Waals surface area contributed by atoms with Crippen LogP contribution in [0.25, 0.3) is 10.2 Å². The van der Waals surface area contributed by atoms with Gasteiger partial charge in [0, 0.05) is 13.7 Å². The molecule has 3 aromatic rings. The third-order valence-corrected chi connectivity index (χ3v) is 5.88. The van der Waals surface area contributed by atoms with E-state index in [1.165, 1.54) is 16.9 Å². The summed E-state index contributed by atoms with van der Waals surface area (Å²) in [5.41, 5.74) is 2.54. The summed E-state index contributed by atoms with van der Waals surface area (Å²) < 4.78 is 18.7. The minimum absolute atomic E-state index is 0.159. The molecule has 0 aliphatic heterocycles. The van der Waals surface area contributed by atoms with Crippen LogP contribution in [0, 0.1) is 0 Å². The zero-order chi connectivity index (χ0) is 23.1. The Labute approximate surface area is 191 Å². The van der Waals surface area contributed by atoms with E-state index in [0.717, 1.165) is 10.2 Å². The Morgan fingerprint density at radius 2 is 1.88 bits per heavy atom. The summed E-state index contributed by atoms with van der Waals surface area (Å²) >= 11 is 1.34. The molecule has 2 aromatic carbocycles. The third-order valence-electron chi connectivity index (χ3n) is 4.84. The number of fused-ring (bicyclic) bond motifs is 1. The lowest BCUT2D eigenvalue weighted by Crippen LogP contribution is -2.21. The highest BCUT2D eigenvalue weighted by molar-refractivity contribution is 7.16. The van der Waals surface area contributed by atoms with Gasteiger partial charge >= 0.3 is 5.97 Å². The molecule has 0 fully saturated rings. The number of ether oxygens (including phenoxy) is 3. The molecule has 0 bridgehead atoms. The average molecular weight is 457 g/mol. The zero-order valence-corrected chi connectivity index (χ0v) is 19.6. The van der Waals surface area contributed by atoms with Gasteiger partial charge in [0.25, 0.3) is 5.91 Å². The molecule has 0 aliphatic carbocycles. The summed E-state index contributed by atoms with van der Waals surface area (Å²) in [5.74, 6) is 0.292. The van der Waals surface area contributed by atoms with E-state index in [1.54, 1.807) is 26.2 Å². The van der Waals surface area contributed by atoms with Gasteiger partial charge in [-0.25, -0.2) is 4.79 Å². The summed E-state index contributed by atoms with van der Waals surface area (Å²) in [6.07, 6.45) is 0. The van der Waals surface area contributed by atoms with E-state index in [-0.39, 0.29) is 18.5 Å². The number of rotatable bonds is 9. The molecular formula is C24H28N2O5S. The highest BCUT2D eigenvalue weighted by atomic mass is 32.1. The molecular weight excluding hydrogens is 428 g/mol. The van der Waals surface area contributed by atoms with Crippen LogP contribution in [0.3, 0.4) is 0 Å². The SMILES string of the molecule is CCOC(=O)c1ccc2c(c1)sc(=NC(=O)COc1ccc(C(C)C)cc1)n2CCOC. The summed E-state index contributed by atoms with van der Waals surface area (Å²) in [6.45, 7) is 7.15. The van der Waals surface area contributed by atoms with Gasteiger partial charge in [-0.2, -0.15) is 4.99 Å². The van der Waals surface area contributed by atoms with E-state index >= 15 is 0 Å². The maximum atomic E-state index is 12.5. The van der Waals surface area contributed by atoms with Gasteiger partial charge in [0.2, 0.25) is 0 Å². The molecule has 170 valence electrons. The first-order valence-electron chi connectivity index (χ1n) is 10.5. The number of thiazole rings is 1. The molecule has 8 heteroatoms. The molecule has 1 amide bonds. The molecule has 0 saturated carbocycles. The molecule has 0 radical (unpaired) electrons. The highest BCUT2D eigenvalue weighted by Gasteiger charge is 2.13. The van der Waals surface area contributed by atoms with Crippen LogP contribution >= 0.6 is 11.3 Å². The van der Waals surface area contributed by atoms with Crippen LogP contribution in [0.15, 0.2) is 47.5 Å². The Morgan fingerprint density at radius 1 is 1.12 bits per heavy atom. The van der Waals surface area contributed by atoms with Gasteiger partial charge in [-0.3, -0.25) is 4.79 Å². The lowest BCUT2D eigenvalue weighted by atomic mass is 10.0. The molecule has 0 atom stereocenters. The van der Waals surface area contributed by atoms with Crippen molar-refractivity contribution in [2.75, 3.05) is 26.9 Å². The Kier molecular flexibility index (Phi) is 8.19. The van der Waals surface area contributed by atoms with Gasteiger partial charge in [-0.1, -0.05) is 37.3 Å². The number of methoxy groups -OCH3 is 1. The Bertz CT molecular complexity index is 1150. The molecule has 1 heterocycles. The number of hydrogen-bond acceptors (Lipinski definition) is 6. The van der Waals surface area contributed by atoms with Crippen LogP contribution in [0.5, 0.6) is 5.75 Å². The van der Waals surface area contributed by atoms with Crippen molar-refractivity contribution in [1.29, 1.82) is 0 Å². The Morgan fingerprint density at radius 3 is 2.53 bits per heavy atom. The summed E-state index contributed by atoms with van der Waals surface area (Å²) in [7, 11) is 1.62. The number of nitrogens with zero attached hydrogens (tertiary/aromatic N) is 2. The normalized spacial score (nSPS) is 11.8. The van der Waals surface area contributed by atoms with Gasteiger partial charge in [0.05, 0.1) is 29.0 Å². The van der Waals surface area contributed by atoms with Crippen molar-refractivity contribution in [1.82, 2.24) is 4.57 Å². The summed E-state index contributed by atoms with van der Waals surface area (Å²) in [6, 6.07) is 13.0. The number of benzene rings is 2. The second-order valence-electron chi connectivity index (χ2n) is 7.45. The van der Waals surface area contributed by atoms with Crippen LogP contribution < -0.4 is 9.54 Å². The first kappa shape index (κ1) is 23.7. The molecule has 0 aliphatic rings. The largest absolute Gasteiger partial charge is 0.484 e. The maximum absolute atomic E-state index is 12.5. The number of esters is 1. The molecule has 0 spiro atoms. The van der Waals surface area contributed by atoms with Crippen LogP contribution in [0.4, 0.5) is 0 Å².